The van der Waals surface area contributed by atoms with Crippen molar-refractivity contribution in [2.24, 2.45) is 0 Å². The van der Waals surface area contributed by atoms with E-state index in [-0.39, 0.29) is 10.8 Å². The highest BCUT2D eigenvalue weighted by Crippen LogP contribution is 2.31. The van der Waals surface area contributed by atoms with Gasteiger partial charge in [0.2, 0.25) is 10.0 Å². The van der Waals surface area contributed by atoms with Crippen molar-refractivity contribution in [1.82, 2.24) is 4.31 Å². The van der Waals surface area contributed by atoms with E-state index in [1.165, 1.54) is 17.5 Å². The fraction of sp³-hybridized carbons (Fsp3) is 0.381. The normalized spacial score (nSPS) is 14.6. The number of carbonyl (C=O) groups excluding carboxylic acids is 1. The van der Waals surface area contributed by atoms with Gasteiger partial charge in [-0.25, -0.2) is 8.42 Å². The zero-order valence-corrected chi connectivity index (χ0v) is 17.7. The maximum atomic E-state index is 12.9. The van der Waals surface area contributed by atoms with Gasteiger partial charge < -0.3 is 14.8 Å². The van der Waals surface area contributed by atoms with Crippen LogP contribution >= 0.6 is 0 Å². The number of rotatable bonds is 7. The zero-order chi connectivity index (χ0) is 21.0. The number of aryl methyl sites for hydroxylation is 1. The van der Waals surface area contributed by atoms with Gasteiger partial charge in [0.15, 0.2) is 11.5 Å². The summed E-state index contributed by atoms with van der Waals surface area (Å²) in [7, 11) is -2.06. The molecule has 156 valence electrons. The Bertz CT molecular complexity index is 998. The Morgan fingerprint density at radius 3 is 2.48 bits per heavy atom. The van der Waals surface area contributed by atoms with E-state index in [1.54, 1.807) is 37.3 Å². The van der Waals surface area contributed by atoms with Crippen molar-refractivity contribution in [1.29, 1.82) is 0 Å². The largest absolute Gasteiger partial charge is 0.493 e. The van der Waals surface area contributed by atoms with E-state index >= 15 is 0 Å². The highest BCUT2D eigenvalue weighted by Gasteiger charge is 2.28. The molecule has 2 aromatic carbocycles. The molecule has 1 heterocycles. The second-order valence-electron chi connectivity index (χ2n) is 6.84. The first-order valence-corrected chi connectivity index (χ1v) is 11.0. The molecule has 1 N–H and O–H groups in total. The number of nitrogens with zero attached hydrogens (tertiary/aromatic N) is 1. The number of methoxy groups -OCH3 is 1. The molecule has 0 aliphatic carbocycles. The fourth-order valence-electron chi connectivity index (χ4n) is 3.30. The van der Waals surface area contributed by atoms with Crippen molar-refractivity contribution in [2.75, 3.05) is 32.1 Å². The fourth-order valence-corrected chi connectivity index (χ4v) is 4.85. The minimum atomic E-state index is -3.59. The van der Waals surface area contributed by atoms with Crippen molar-refractivity contribution in [3.05, 3.63) is 47.5 Å². The minimum absolute atomic E-state index is 0.138. The van der Waals surface area contributed by atoms with Crippen LogP contribution in [-0.2, 0) is 10.0 Å². The van der Waals surface area contributed by atoms with E-state index in [0.717, 1.165) is 12.8 Å². The predicted octanol–water partition coefficient (Wildman–Crippen LogP) is 3.44. The average Bonchev–Trinajstić information content (AvgIpc) is 3.25. The number of amides is 1. The summed E-state index contributed by atoms with van der Waals surface area (Å²) < 4.78 is 37.9. The lowest BCUT2D eigenvalue weighted by Gasteiger charge is -2.17. The van der Waals surface area contributed by atoms with Gasteiger partial charge in [0.25, 0.3) is 5.91 Å². The van der Waals surface area contributed by atoms with E-state index in [2.05, 4.69) is 5.32 Å². The van der Waals surface area contributed by atoms with Crippen LogP contribution in [0.3, 0.4) is 0 Å². The summed E-state index contributed by atoms with van der Waals surface area (Å²) in [5.74, 6) is 0.710. The lowest BCUT2D eigenvalue weighted by Crippen LogP contribution is -2.28. The van der Waals surface area contributed by atoms with E-state index in [9.17, 15) is 13.2 Å². The summed E-state index contributed by atoms with van der Waals surface area (Å²) in [6.07, 6.45) is 1.72. The first-order chi connectivity index (χ1) is 13.9. The molecule has 2 aromatic rings. The molecule has 0 bridgehead atoms. The number of carbonyl (C=O) groups is 1. The monoisotopic (exact) mass is 418 g/mol. The lowest BCUT2D eigenvalue weighted by molar-refractivity contribution is 0.102. The molecule has 1 amide bonds. The summed E-state index contributed by atoms with van der Waals surface area (Å²) in [4.78, 5) is 13.0. The van der Waals surface area contributed by atoms with Crippen LogP contribution in [0.4, 0.5) is 5.69 Å². The van der Waals surface area contributed by atoms with Crippen molar-refractivity contribution < 1.29 is 22.7 Å². The Labute approximate surface area is 171 Å². The van der Waals surface area contributed by atoms with Gasteiger partial charge in [-0.1, -0.05) is 6.07 Å². The van der Waals surface area contributed by atoms with Crippen LogP contribution < -0.4 is 14.8 Å². The van der Waals surface area contributed by atoms with E-state index in [0.29, 0.717) is 48.0 Å². The van der Waals surface area contributed by atoms with Crippen LogP contribution in [-0.4, -0.2) is 45.4 Å². The Balaban J connectivity index is 1.86. The molecule has 29 heavy (non-hydrogen) atoms. The summed E-state index contributed by atoms with van der Waals surface area (Å²) in [5, 5.41) is 2.81. The molecule has 0 saturated carbocycles. The number of sulfonamides is 1. The van der Waals surface area contributed by atoms with Gasteiger partial charge in [-0.05, 0) is 56.5 Å². The van der Waals surface area contributed by atoms with Gasteiger partial charge >= 0.3 is 0 Å². The van der Waals surface area contributed by atoms with Crippen LogP contribution in [0.1, 0.15) is 35.7 Å². The number of anilines is 1. The minimum Gasteiger partial charge on any atom is -0.493 e. The van der Waals surface area contributed by atoms with Crippen molar-refractivity contribution in [2.45, 2.75) is 31.6 Å². The highest BCUT2D eigenvalue weighted by atomic mass is 32.2. The van der Waals surface area contributed by atoms with Gasteiger partial charge in [-0.2, -0.15) is 4.31 Å². The molecule has 7 nitrogen and oxygen atoms in total. The molecular formula is C21H26N2O5S. The third-order valence-corrected chi connectivity index (χ3v) is 6.77. The summed E-state index contributed by atoms with van der Waals surface area (Å²) in [6, 6.07) is 9.77. The summed E-state index contributed by atoms with van der Waals surface area (Å²) in [6.45, 7) is 5.19. The van der Waals surface area contributed by atoms with E-state index in [4.69, 9.17) is 9.47 Å². The first kappa shape index (κ1) is 21.1. The van der Waals surface area contributed by atoms with Gasteiger partial charge in [-0.3, -0.25) is 4.79 Å². The molecule has 3 rings (SSSR count). The number of benzene rings is 2. The van der Waals surface area contributed by atoms with Crippen LogP contribution in [0.25, 0.3) is 0 Å². The quantitative estimate of drug-likeness (QED) is 0.745. The molecule has 0 spiro atoms. The van der Waals surface area contributed by atoms with Gasteiger partial charge in [-0.15, -0.1) is 0 Å². The molecule has 1 aliphatic rings. The zero-order valence-electron chi connectivity index (χ0n) is 16.9. The molecule has 8 heteroatoms. The molecule has 0 unspecified atom stereocenters. The molecule has 1 fully saturated rings. The second kappa shape index (κ2) is 8.84. The van der Waals surface area contributed by atoms with Crippen LogP contribution in [0.2, 0.25) is 0 Å². The summed E-state index contributed by atoms with van der Waals surface area (Å²) >= 11 is 0. The molecule has 1 aliphatic heterocycles. The Kier molecular flexibility index (Phi) is 6.44. The number of ether oxygens (including phenoxy) is 2. The number of hydrogen-bond acceptors (Lipinski definition) is 5. The van der Waals surface area contributed by atoms with Crippen LogP contribution in [0, 0.1) is 6.92 Å². The maximum Gasteiger partial charge on any atom is 0.255 e. The molecular weight excluding hydrogens is 392 g/mol. The SMILES string of the molecule is CCOc1ccc(NC(=O)c2cc(S(=O)(=O)N3CCCC3)ccc2C)cc1OC. The maximum absolute atomic E-state index is 12.9. The number of hydrogen-bond donors (Lipinski definition) is 1. The van der Waals surface area contributed by atoms with Crippen LogP contribution in [0.15, 0.2) is 41.3 Å². The molecule has 0 radical (unpaired) electrons. The molecule has 0 aromatic heterocycles. The third kappa shape index (κ3) is 4.54. The standard InChI is InChI=1S/C21H26N2O5S/c1-4-28-19-10-8-16(13-20(19)27-3)22-21(24)18-14-17(9-7-15(18)2)29(25,26)23-11-5-6-12-23/h7-10,13-14H,4-6,11-12H2,1-3H3,(H,22,24). The second-order valence-corrected chi connectivity index (χ2v) is 8.78. The first-order valence-electron chi connectivity index (χ1n) is 9.59. The van der Waals surface area contributed by atoms with Crippen molar-refractivity contribution >= 4 is 21.6 Å². The topological polar surface area (TPSA) is 84.9 Å². The van der Waals surface area contributed by atoms with Crippen LogP contribution in [0.5, 0.6) is 11.5 Å². The Morgan fingerprint density at radius 1 is 1.10 bits per heavy atom. The van der Waals surface area contributed by atoms with Gasteiger partial charge in [0.05, 0.1) is 18.6 Å². The van der Waals surface area contributed by atoms with Gasteiger partial charge in [0, 0.05) is 30.4 Å². The van der Waals surface area contributed by atoms with Gasteiger partial charge in [0.1, 0.15) is 0 Å². The predicted molar refractivity (Wildman–Crippen MR) is 111 cm³/mol. The molecule has 0 atom stereocenters. The van der Waals surface area contributed by atoms with Crippen molar-refractivity contribution in [3.8, 4) is 11.5 Å². The average molecular weight is 419 g/mol. The third-order valence-electron chi connectivity index (χ3n) is 4.88. The van der Waals surface area contributed by atoms with E-state index < -0.39 is 10.0 Å². The lowest BCUT2D eigenvalue weighted by atomic mass is 10.1. The van der Waals surface area contributed by atoms with Crippen molar-refractivity contribution in [3.63, 3.8) is 0 Å². The number of nitrogens with one attached hydrogen (secondary N) is 1. The molecule has 1 saturated heterocycles. The smallest absolute Gasteiger partial charge is 0.255 e. The Hall–Kier alpha value is -2.58. The Morgan fingerprint density at radius 2 is 1.83 bits per heavy atom. The highest BCUT2D eigenvalue weighted by molar-refractivity contribution is 7.89. The van der Waals surface area contributed by atoms with E-state index in [1.807, 2.05) is 6.92 Å². The summed E-state index contributed by atoms with van der Waals surface area (Å²) in [5.41, 5.74) is 1.54.